The highest BCUT2D eigenvalue weighted by Gasteiger charge is 2.72. The number of allylic oxidation sites excluding steroid dienone is 2. The van der Waals surface area contributed by atoms with Crippen LogP contribution in [0.2, 0.25) is 0 Å². The molecule has 1 heterocycles. The van der Waals surface area contributed by atoms with Crippen molar-refractivity contribution in [3.8, 4) is 0 Å². The van der Waals surface area contributed by atoms with Gasteiger partial charge in [0.15, 0.2) is 30.0 Å². The molecule has 64 heavy (non-hydrogen) atoms. The van der Waals surface area contributed by atoms with Gasteiger partial charge in [-0.1, -0.05) is 93.9 Å². The van der Waals surface area contributed by atoms with Gasteiger partial charge in [-0.3, -0.25) is 24.0 Å². The lowest BCUT2D eigenvalue weighted by atomic mass is 9.33. The predicted molar refractivity (Wildman–Crippen MR) is 235 cm³/mol. The fourth-order valence-electron chi connectivity index (χ4n) is 13.5. The molecule has 8 rings (SSSR count). The number of carbonyl (C=O) groups is 5. The second-order valence-electron chi connectivity index (χ2n) is 21.1. The first-order chi connectivity index (χ1) is 30.2. The van der Waals surface area contributed by atoms with Crippen LogP contribution in [0.3, 0.4) is 0 Å². The van der Waals surface area contributed by atoms with E-state index in [1.807, 2.05) is 73.7 Å². The molecule has 5 aliphatic carbocycles. The molecule has 12 nitrogen and oxygen atoms in total. The number of benzene rings is 2. The monoisotopic (exact) mass is 877 g/mol. The molecule has 12 heteroatoms. The standard InChI is InChI=1S/C52H63NO11/c1-31-38(62-46(59)61-31)30-60-45(58)52(8)39-19-22-51(7)43(49(39,5)21-20-40(52)63-41(56)29-53-32(2)54)37(55)27-35-36-28-48(4,24-23-47(36,3)25-26-50(35,51)6)44(57)64-42(33-15-11-9-12-16-33)34-17-13-10-14-18-34/h9-18,27,36,39-40,42-43H,19-26,28-30H2,1-8H3,(H,53,54)/t36-,39+,40-,43+,47+,48-,49-,50+,51+,52-/m0/s1. The molecule has 342 valence electrons. The molecule has 0 spiro atoms. The van der Waals surface area contributed by atoms with E-state index < -0.39 is 74.8 Å². The van der Waals surface area contributed by atoms with E-state index in [4.69, 9.17) is 23.0 Å². The van der Waals surface area contributed by atoms with Crippen molar-refractivity contribution in [3.05, 3.63) is 106 Å². The third kappa shape index (κ3) is 7.36. The molecule has 0 unspecified atom stereocenters. The number of ether oxygens (including phenoxy) is 3. The molecule has 0 radical (unpaired) electrons. The Balaban J connectivity index is 1.11. The maximum absolute atomic E-state index is 15.3. The highest BCUT2D eigenvalue weighted by atomic mass is 16.6. The number of carbonyl (C=O) groups excluding carboxylic acids is 5. The molecular formula is C52H63NO11. The number of hydrogen-bond donors (Lipinski definition) is 1. The molecule has 3 aromatic rings. The number of esters is 3. The molecule has 0 saturated heterocycles. The molecule has 2 aromatic carbocycles. The lowest BCUT2D eigenvalue weighted by Crippen LogP contribution is -2.68. The van der Waals surface area contributed by atoms with Gasteiger partial charge in [0.2, 0.25) is 5.91 Å². The first-order valence-electron chi connectivity index (χ1n) is 23.0. The van der Waals surface area contributed by atoms with Gasteiger partial charge in [0.25, 0.3) is 0 Å². The quantitative estimate of drug-likeness (QED) is 0.153. The first kappa shape index (κ1) is 45.3. The van der Waals surface area contributed by atoms with Crippen molar-refractivity contribution in [3.63, 3.8) is 0 Å². The van der Waals surface area contributed by atoms with Crippen LogP contribution in [0.4, 0.5) is 0 Å². The Labute approximate surface area is 375 Å². The Morgan fingerprint density at radius 2 is 1.44 bits per heavy atom. The topological polar surface area (TPSA) is 168 Å². The maximum Gasteiger partial charge on any atom is 0.519 e. The SMILES string of the molecule is CC(=O)NCC(=O)O[C@H]1CC[C@@]2(C)[C@@H](CC[C@]3(C)[C@@H]2C(=O)C=C2[C@@H]4C[C@@](C)(C(=O)OC(c5ccccc5)c5ccccc5)CC[C@]4(C)CC[C@]23C)[C@]1(C)C(=O)OCc1oc(=O)oc1C. The highest BCUT2D eigenvalue weighted by Crippen LogP contribution is 2.75. The minimum absolute atomic E-state index is 0.0258. The summed E-state index contributed by atoms with van der Waals surface area (Å²) in [5.74, 6) is -3.49. The summed E-state index contributed by atoms with van der Waals surface area (Å²) < 4.78 is 28.7. The Kier molecular flexibility index (Phi) is 11.6. The molecule has 1 N–H and O–H groups in total. The van der Waals surface area contributed by atoms with Gasteiger partial charge in [-0.2, -0.15) is 0 Å². The van der Waals surface area contributed by atoms with Crippen LogP contribution in [-0.2, 0) is 44.8 Å². The fraction of sp³-hybridized carbons (Fsp3) is 0.577. The van der Waals surface area contributed by atoms with Crippen molar-refractivity contribution in [2.45, 2.75) is 132 Å². The summed E-state index contributed by atoms with van der Waals surface area (Å²) in [5, 5.41) is 2.49. The Hall–Kier alpha value is -5.26. The molecule has 0 aliphatic heterocycles. The van der Waals surface area contributed by atoms with Crippen LogP contribution in [0.15, 0.2) is 85.9 Å². The van der Waals surface area contributed by atoms with Gasteiger partial charge in [-0.15, -0.1) is 0 Å². The van der Waals surface area contributed by atoms with Gasteiger partial charge in [0.05, 0.1) is 5.41 Å². The van der Waals surface area contributed by atoms with Gasteiger partial charge in [-0.25, -0.2) is 4.79 Å². The minimum atomic E-state index is -1.41. The van der Waals surface area contributed by atoms with E-state index in [2.05, 4.69) is 33.0 Å². The van der Waals surface area contributed by atoms with E-state index in [1.54, 1.807) is 13.8 Å². The number of fused-ring (bicyclic) bond motifs is 7. The number of amides is 1. The number of nitrogens with one attached hydrogen (secondary N) is 1. The van der Waals surface area contributed by atoms with Crippen LogP contribution in [0.5, 0.6) is 0 Å². The summed E-state index contributed by atoms with van der Waals surface area (Å²) >= 11 is 0. The number of rotatable bonds is 10. The summed E-state index contributed by atoms with van der Waals surface area (Å²) in [6, 6.07) is 19.7. The molecule has 0 bridgehead atoms. The van der Waals surface area contributed by atoms with Crippen molar-refractivity contribution >= 4 is 29.6 Å². The van der Waals surface area contributed by atoms with E-state index in [0.29, 0.717) is 32.1 Å². The van der Waals surface area contributed by atoms with Crippen LogP contribution in [-0.4, -0.2) is 42.2 Å². The van der Waals surface area contributed by atoms with Crippen LogP contribution in [0.1, 0.15) is 135 Å². The number of aryl methyl sites for hydroxylation is 1. The lowest BCUT2D eigenvalue weighted by molar-refractivity contribution is -0.224. The molecule has 4 saturated carbocycles. The van der Waals surface area contributed by atoms with E-state index in [0.717, 1.165) is 36.0 Å². The van der Waals surface area contributed by atoms with Gasteiger partial charge in [-0.05, 0) is 129 Å². The second-order valence-corrected chi connectivity index (χ2v) is 21.1. The van der Waals surface area contributed by atoms with E-state index in [1.165, 1.54) is 6.92 Å². The van der Waals surface area contributed by atoms with Gasteiger partial charge < -0.3 is 28.4 Å². The summed E-state index contributed by atoms with van der Waals surface area (Å²) in [6.07, 6.45) is 6.34. The smallest absolute Gasteiger partial charge is 0.460 e. The molecule has 10 atom stereocenters. The second kappa shape index (κ2) is 16.3. The Morgan fingerprint density at radius 1 is 0.797 bits per heavy atom. The Morgan fingerprint density at radius 3 is 2.05 bits per heavy atom. The van der Waals surface area contributed by atoms with E-state index >= 15 is 4.79 Å². The predicted octanol–water partition coefficient (Wildman–Crippen LogP) is 8.93. The zero-order valence-corrected chi connectivity index (χ0v) is 38.5. The van der Waals surface area contributed by atoms with Crippen LogP contribution < -0.4 is 11.1 Å². The van der Waals surface area contributed by atoms with Crippen molar-refractivity contribution in [2.75, 3.05) is 6.54 Å². The van der Waals surface area contributed by atoms with Crippen molar-refractivity contribution in [1.82, 2.24) is 5.32 Å². The van der Waals surface area contributed by atoms with Gasteiger partial charge in [0, 0.05) is 12.8 Å². The molecule has 1 aromatic heterocycles. The molecular weight excluding hydrogens is 815 g/mol. The average molecular weight is 878 g/mol. The summed E-state index contributed by atoms with van der Waals surface area (Å²) in [7, 11) is 0. The normalized spacial score (nSPS) is 35.4. The number of hydrogen-bond acceptors (Lipinski definition) is 11. The minimum Gasteiger partial charge on any atom is -0.460 e. The van der Waals surface area contributed by atoms with Crippen LogP contribution >= 0.6 is 0 Å². The highest BCUT2D eigenvalue weighted by molar-refractivity contribution is 5.96. The third-order valence-corrected chi connectivity index (χ3v) is 17.5. The van der Waals surface area contributed by atoms with E-state index in [-0.39, 0.29) is 54.2 Å². The largest absolute Gasteiger partial charge is 0.519 e. The van der Waals surface area contributed by atoms with Crippen molar-refractivity contribution < 1.29 is 47.0 Å². The molecule has 4 fully saturated rings. The van der Waals surface area contributed by atoms with Gasteiger partial charge >= 0.3 is 23.7 Å². The first-order valence-corrected chi connectivity index (χ1v) is 23.0. The summed E-state index contributed by atoms with van der Waals surface area (Å²) in [5.41, 5.74) is -0.962. The zero-order valence-electron chi connectivity index (χ0n) is 38.5. The zero-order chi connectivity index (χ0) is 46.0. The van der Waals surface area contributed by atoms with Crippen molar-refractivity contribution in [2.24, 2.45) is 50.2 Å². The summed E-state index contributed by atoms with van der Waals surface area (Å²) in [4.78, 5) is 81.3. The maximum atomic E-state index is 15.3. The third-order valence-electron chi connectivity index (χ3n) is 17.5. The van der Waals surface area contributed by atoms with Crippen LogP contribution in [0.25, 0.3) is 0 Å². The fourth-order valence-corrected chi connectivity index (χ4v) is 13.5. The van der Waals surface area contributed by atoms with Crippen LogP contribution in [0, 0.1) is 57.2 Å². The van der Waals surface area contributed by atoms with Crippen molar-refractivity contribution in [1.29, 1.82) is 0 Å². The van der Waals surface area contributed by atoms with Gasteiger partial charge in [0.1, 0.15) is 18.1 Å². The molecule has 1 amide bonds. The number of ketones is 1. The lowest BCUT2D eigenvalue weighted by Gasteiger charge is -2.70. The summed E-state index contributed by atoms with van der Waals surface area (Å²) in [6.45, 7) is 15.0. The molecule has 5 aliphatic rings. The average Bonchev–Trinajstić information content (AvgIpc) is 3.59. The Bertz CT molecular complexity index is 2380. The van der Waals surface area contributed by atoms with E-state index in [9.17, 15) is 24.0 Å².